The Balaban J connectivity index is 1.78. The first-order valence-electron chi connectivity index (χ1n) is 7.41. The Bertz CT molecular complexity index is 439. The van der Waals surface area contributed by atoms with Gasteiger partial charge in [-0.15, -0.1) is 0 Å². The molecule has 0 bridgehead atoms. The van der Waals surface area contributed by atoms with Gasteiger partial charge in [0.15, 0.2) is 0 Å². The number of morpholine rings is 1. The molecule has 1 saturated heterocycles. The Morgan fingerprint density at radius 3 is 2.62 bits per heavy atom. The van der Waals surface area contributed by atoms with Crippen molar-refractivity contribution in [2.24, 2.45) is 0 Å². The van der Waals surface area contributed by atoms with Gasteiger partial charge in [-0.25, -0.2) is 0 Å². The van der Waals surface area contributed by atoms with Crippen LogP contribution in [0.3, 0.4) is 0 Å². The van der Waals surface area contributed by atoms with Gasteiger partial charge in [-0.2, -0.15) is 0 Å². The van der Waals surface area contributed by atoms with Gasteiger partial charge in [0.1, 0.15) is 6.04 Å². The van der Waals surface area contributed by atoms with Gasteiger partial charge < -0.3 is 19.7 Å². The van der Waals surface area contributed by atoms with Crippen molar-refractivity contribution in [1.29, 1.82) is 0 Å². The van der Waals surface area contributed by atoms with Crippen LogP contribution >= 0.6 is 0 Å². The lowest BCUT2D eigenvalue weighted by Gasteiger charge is -2.34. The number of amides is 1. The molecule has 2 unspecified atom stereocenters. The maximum atomic E-state index is 12.1. The minimum absolute atomic E-state index is 0.0894. The first-order valence-corrected chi connectivity index (χ1v) is 7.41. The number of carbonyl (C=O) groups excluding carboxylic acids is 1. The van der Waals surface area contributed by atoms with Crippen molar-refractivity contribution in [1.82, 2.24) is 14.8 Å². The molecule has 2 rings (SSSR count). The third-order valence-electron chi connectivity index (χ3n) is 3.77. The molecule has 0 spiro atoms. The van der Waals surface area contributed by atoms with Crippen molar-refractivity contribution in [3.63, 3.8) is 0 Å². The number of carbonyl (C=O) groups is 1. The number of hydrogen-bond acceptors (Lipinski definition) is 4. The average Bonchev–Trinajstić information content (AvgIpc) is 2.99. The van der Waals surface area contributed by atoms with Gasteiger partial charge in [0.2, 0.25) is 5.91 Å². The lowest BCUT2D eigenvalue weighted by Crippen LogP contribution is -2.51. The molecule has 1 amide bonds. The van der Waals surface area contributed by atoms with E-state index in [-0.39, 0.29) is 18.5 Å². The third kappa shape index (κ3) is 4.84. The van der Waals surface area contributed by atoms with Crippen LogP contribution in [0.15, 0.2) is 24.5 Å². The molecule has 0 aliphatic carbocycles. The zero-order valence-corrected chi connectivity index (χ0v) is 12.8. The lowest BCUT2D eigenvalue weighted by atomic mass is 10.1. The predicted molar refractivity (Wildman–Crippen MR) is 80.0 cm³/mol. The number of rotatable bonds is 6. The second-order valence-corrected chi connectivity index (χ2v) is 5.91. The van der Waals surface area contributed by atoms with Gasteiger partial charge in [-0.1, -0.05) is 0 Å². The summed E-state index contributed by atoms with van der Waals surface area (Å²) in [5.74, 6) is -0.0894. The Kier molecular flexibility index (Phi) is 5.39. The highest BCUT2D eigenvalue weighted by Crippen LogP contribution is 2.10. The highest BCUT2D eigenvalue weighted by molar-refractivity contribution is 5.79. The normalized spacial score (nSPS) is 20.7. The fourth-order valence-corrected chi connectivity index (χ4v) is 2.46. The molecule has 21 heavy (non-hydrogen) atoms. The van der Waals surface area contributed by atoms with Gasteiger partial charge in [-0.3, -0.25) is 9.69 Å². The van der Waals surface area contributed by atoms with Crippen LogP contribution in [-0.4, -0.2) is 65.5 Å². The van der Waals surface area contributed by atoms with Crippen LogP contribution < -0.4 is 5.32 Å². The fourth-order valence-electron chi connectivity index (χ4n) is 2.46. The Morgan fingerprint density at radius 1 is 1.38 bits per heavy atom. The van der Waals surface area contributed by atoms with E-state index in [0.717, 1.165) is 13.1 Å². The van der Waals surface area contributed by atoms with Crippen LogP contribution in [0.4, 0.5) is 0 Å². The molecule has 6 heteroatoms. The molecule has 2 atom stereocenters. The molecule has 6 nitrogen and oxygen atoms in total. The van der Waals surface area contributed by atoms with Crippen LogP contribution in [0.25, 0.3) is 0 Å². The Morgan fingerprint density at radius 2 is 2.00 bits per heavy atom. The van der Waals surface area contributed by atoms with Crippen molar-refractivity contribution >= 4 is 5.91 Å². The Labute approximate surface area is 125 Å². The molecule has 1 fully saturated rings. The molecule has 118 valence electrons. The van der Waals surface area contributed by atoms with Gasteiger partial charge in [0.25, 0.3) is 0 Å². The maximum Gasteiger partial charge on any atom is 0.242 e. The molecule has 1 aromatic heterocycles. The zero-order chi connectivity index (χ0) is 15.3. The largest absolute Gasteiger partial charge is 0.387 e. The second kappa shape index (κ2) is 7.06. The molecule has 0 aromatic carbocycles. The van der Waals surface area contributed by atoms with Gasteiger partial charge in [-0.05, 0) is 26.0 Å². The summed E-state index contributed by atoms with van der Waals surface area (Å²) in [5.41, 5.74) is -0.941. The van der Waals surface area contributed by atoms with Gasteiger partial charge >= 0.3 is 0 Å². The van der Waals surface area contributed by atoms with Crippen molar-refractivity contribution in [2.45, 2.75) is 25.5 Å². The summed E-state index contributed by atoms with van der Waals surface area (Å²) in [6.45, 7) is 7.42. The van der Waals surface area contributed by atoms with Crippen LogP contribution in [0, 0.1) is 0 Å². The predicted octanol–water partition coefficient (Wildman–Crippen LogP) is 0.249. The van der Waals surface area contributed by atoms with Gasteiger partial charge in [0.05, 0.1) is 18.8 Å². The summed E-state index contributed by atoms with van der Waals surface area (Å²) < 4.78 is 7.13. The minimum atomic E-state index is -0.941. The summed E-state index contributed by atoms with van der Waals surface area (Å²) in [6, 6.07) is 3.50. The number of aromatic nitrogens is 1. The van der Waals surface area contributed by atoms with E-state index in [4.69, 9.17) is 4.74 Å². The first kappa shape index (κ1) is 16.0. The van der Waals surface area contributed by atoms with E-state index in [1.807, 2.05) is 36.0 Å². The summed E-state index contributed by atoms with van der Waals surface area (Å²) in [4.78, 5) is 14.3. The molecule has 1 aliphatic rings. The van der Waals surface area contributed by atoms with Crippen LogP contribution in [0.1, 0.15) is 19.9 Å². The van der Waals surface area contributed by atoms with E-state index in [2.05, 4.69) is 10.2 Å². The monoisotopic (exact) mass is 295 g/mol. The van der Waals surface area contributed by atoms with E-state index in [0.29, 0.717) is 19.8 Å². The lowest BCUT2D eigenvalue weighted by molar-refractivity contribution is -0.125. The minimum Gasteiger partial charge on any atom is -0.387 e. The van der Waals surface area contributed by atoms with Crippen LogP contribution in [0.5, 0.6) is 0 Å². The van der Waals surface area contributed by atoms with E-state index in [1.54, 1.807) is 6.92 Å². The number of nitrogens with zero attached hydrogens (tertiary/aromatic N) is 2. The smallest absolute Gasteiger partial charge is 0.242 e. The Hall–Kier alpha value is -1.37. The molecule has 1 aromatic rings. The molecule has 0 saturated carbocycles. The van der Waals surface area contributed by atoms with Crippen molar-refractivity contribution < 1.29 is 14.6 Å². The van der Waals surface area contributed by atoms with Crippen molar-refractivity contribution in [3.8, 4) is 0 Å². The summed E-state index contributed by atoms with van der Waals surface area (Å²) in [5, 5.41) is 13.3. The van der Waals surface area contributed by atoms with Crippen molar-refractivity contribution in [3.05, 3.63) is 24.5 Å². The maximum absolute atomic E-state index is 12.1. The van der Waals surface area contributed by atoms with Crippen LogP contribution in [0.2, 0.25) is 0 Å². The number of aliphatic hydroxyl groups is 1. The van der Waals surface area contributed by atoms with E-state index in [1.165, 1.54) is 0 Å². The molecular weight excluding hydrogens is 270 g/mol. The molecule has 1 aliphatic heterocycles. The average molecular weight is 295 g/mol. The second-order valence-electron chi connectivity index (χ2n) is 5.91. The molecule has 2 heterocycles. The number of ether oxygens (including phenoxy) is 1. The standard InChI is InChI=1S/C15H25N3O3/c1-13(18-5-3-4-6-18)14(19)16-11-15(2,20)12-17-7-9-21-10-8-17/h3-6,13,20H,7-12H2,1-2H3,(H,16,19). The first-order chi connectivity index (χ1) is 9.98. The quantitative estimate of drug-likeness (QED) is 0.789. The highest BCUT2D eigenvalue weighted by atomic mass is 16.5. The topological polar surface area (TPSA) is 66.7 Å². The zero-order valence-electron chi connectivity index (χ0n) is 12.8. The number of β-amino-alcohol motifs (C(OH)–C–C–N with tert-alkyl or cyclic N) is 1. The molecule has 0 radical (unpaired) electrons. The SMILES string of the molecule is CC(C(=O)NCC(C)(O)CN1CCOCC1)n1cccc1. The number of hydrogen-bond donors (Lipinski definition) is 2. The van der Waals surface area contributed by atoms with E-state index in [9.17, 15) is 9.90 Å². The van der Waals surface area contributed by atoms with E-state index < -0.39 is 5.60 Å². The van der Waals surface area contributed by atoms with Crippen molar-refractivity contribution in [2.75, 3.05) is 39.4 Å². The highest BCUT2D eigenvalue weighted by Gasteiger charge is 2.26. The summed E-state index contributed by atoms with van der Waals surface area (Å²) >= 11 is 0. The third-order valence-corrected chi connectivity index (χ3v) is 3.77. The summed E-state index contributed by atoms with van der Waals surface area (Å²) in [7, 11) is 0. The van der Waals surface area contributed by atoms with Crippen LogP contribution in [-0.2, 0) is 9.53 Å². The van der Waals surface area contributed by atoms with Gasteiger partial charge in [0, 0.05) is 38.6 Å². The fraction of sp³-hybridized carbons (Fsp3) is 0.667. The molecule has 2 N–H and O–H groups in total. The summed E-state index contributed by atoms with van der Waals surface area (Å²) in [6.07, 6.45) is 3.71. The number of nitrogens with one attached hydrogen (secondary N) is 1. The molecular formula is C15H25N3O3. The van der Waals surface area contributed by atoms with E-state index >= 15 is 0 Å².